The summed E-state index contributed by atoms with van der Waals surface area (Å²) in [6.45, 7) is 10.8. The Morgan fingerprint density at radius 3 is 2.35 bits per heavy atom. The van der Waals surface area contributed by atoms with Gasteiger partial charge >= 0.3 is 5.97 Å². The molecule has 0 spiro atoms. The summed E-state index contributed by atoms with van der Waals surface area (Å²) < 4.78 is 5.13. The molecule has 0 aromatic rings. The van der Waals surface area contributed by atoms with Crippen LogP contribution in [-0.2, 0) is 9.53 Å². The zero-order valence-corrected chi connectivity index (χ0v) is 11.7. The second-order valence-electron chi connectivity index (χ2n) is 4.17. The van der Waals surface area contributed by atoms with Crippen molar-refractivity contribution in [2.75, 3.05) is 19.7 Å². The number of rotatable bonds is 9. The molecule has 0 rings (SSSR count). The Labute approximate surface area is 106 Å². The maximum Gasteiger partial charge on any atom is 0.330 e. The highest BCUT2D eigenvalue weighted by Crippen LogP contribution is 2.08. The van der Waals surface area contributed by atoms with Gasteiger partial charge in [-0.3, -0.25) is 4.90 Å². The Bertz CT molecular complexity index is 222. The lowest BCUT2D eigenvalue weighted by Gasteiger charge is -2.29. The van der Waals surface area contributed by atoms with Crippen molar-refractivity contribution in [1.29, 1.82) is 0 Å². The van der Waals surface area contributed by atoms with Crippen LogP contribution in [0.2, 0.25) is 0 Å². The van der Waals surface area contributed by atoms with E-state index in [2.05, 4.69) is 25.7 Å². The third-order valence-electron chi connectivity index (χ3n) is 2.90. The van der Waals surface area contributed by atoms with Gasteiger partial charge in [0.05, 0.1) is 0 Å². The molecule has 0 aliphatic rings. The Morgan fingerprint density at radius 1 is 1.24 bits per heavy atom. The van der Waals surface area contributed by atoms with Crippen LogP contribution in [0.15, 0.2) is 12.2 Å². The predicted octanol–water partition coefficient (Wildman–Crippen LogP) is 3.01. The first-order valence-corrected chi connectivity index (χ1v) is 6.72. The molecule has 0 aromatic heterocycles. The molecule has 0 radical (unpaired) electrons. The van der Waals surface area contributed by atoms with Gasteiger partial charge in [-0.2, -0.15) is 0 Å². The molecule has 0 bridgehead atoms. The monoisotopic (exact) mass is 241 g/mol. The minimum Gasteiger partial charge on any atom is -0.461 e. The Morgan fingerprint density at radius 2 is 1.88 bits per heavy atom. The number of hydrogen-bond donors (Lipinski definition) is 0. The van der Waals surface area contributed by atoms with Crippen molar-refractivity contribution < 1.29 is 9.53 Å². The number of hydrogen-bond acceptors (Lipinski definition) is 3. The first-order valence-electron chi connectivity index (χ1n) is 6.72. The molecule has 0 aliphatic carbocycles. The fourth-order valence-electron chi connectivity index (χ4n) is 2.02. The van der Waals surface area contributed by atoms with Crippen molar-refractivity contribution in [2.45, 2.75) is 53.0 Å². The summed E-state index contributed by atoms with van der Waals surface area (Å²) in [4.78, 5) is 13.6. The van der Waals surface area contributed by atoms with Crippen LogP contribution in [0.25, 0.3) is 0 Å². The molecule has 0 unspecified atom stereocenters. The van der Waals surface area contributed by atoms with E-state index in [1.54, 1.807) is 6.08 Å². The summed E-state index contributed by atoms with van der Waals surface area (Å²) in [5.74, 6) is -0.242. The molecular formula is C14H27NO2. The molecule has 0 aromatic carbocycles. The highest BCUT2D eigenvalue weighted by Gasteiger charge is 2.14. The van der Waals surface area contributed by atoms with Crippen molar-refractivity contribution in [3.8, 4) is 0 Å². The molecular weight excluding hydrogens is 214 g/mol. The van der Waals surface area contributed by atoms with Gasteiger partial charge in [0.15, 0.2) is 0 Å². The zero-order valence-electron chi connectivity index (χ0n) is 11.7. The van der Waals surface area contributed by atoms with Gasteiger partial charge < -0.3 is 4.74 Å². The maximum atomic E-state index is 11.2. The molecule has 0 fully saturated rings. The van der Waals surface area contributed by atoms with Crippen molar-refractivity contribution in [2.24, 2.45) is 0 Å². The third kappa shape index (κ3) is 7.16. The summed E-state index contributed by atoms with van der Waals surface area (Å²) in [6, 6.07) is 0.607. The van der Waals surface area contributed by atoms with Crippen LogP contribution in [0.4, 0.5) is 0 Å². The molecule has 0 aliphatic heterocycles. The zero-order chi connectivity index (χ0) is 13.1. The predicted molar refractivity (Wildman–Crippen MR) is 72.0 cm³/mol. The van der Waals surface area contributed by atoms with Gasteiger partial charge in [-0.25, -0.2) is 4.79 Å². The Kier molecular flexibility index (Phi) is 9.83. The molecule has 0 amide bonds. The number of carbonyl (C=O) groups excluding carboxylic acids is 1. The highest BCUT2D eigenvalue weighted by molar-refractivity contribution is 5.81. The van der Waals surface area contributed by atoms with Gasteiger partial charge in [-0.15, -0.1) is 0 Å². The topological polar surface area (TPSA) is 29.5 Å². The normalized spacial score (nSPS) is 11.6. The van der Waals surface area contributed by atoms with Crippen LogP contribution >= 0.6 is 0 Å². The SMILES string of the molecule is C/C=C/C(=O)OCCN(CCC)C(CC)CC. The van der Waals surface area contributed by atoms with Gasteiger partial charge in [0.25, 0.3) is 0 Å². The Hall–Kier alpha value is -0.830. The van der Waals surface area contributed by atoms with Crippen LogP contribution in [0, 0.1) is 0 Å². The van der Waals surface area contributed by atoms with E-state index in [-0.39, 0.29) is 5.97 Å². The standard InChI is InChI=1S/C14H27NO2/c1-5-9-14(16)17-12-11-15(10-6-2)13(7-3)8-4/h5,9,13H,6-8,10-12H2,1-4H3/b9-5+. The quantitative estimate of drug-likeness (QED) is 0.459. The summed E-state index contributed by atoms with van der Waals surface area (Å²) >= 11 is 0. The second kappa shape index (κ2) is 10.3. The lowest BCUT2D eigenvalue weighted by Crippen LogP contribution is -2.37. The molecule has 3 heteroatoms. The molecule has 17 heavy (non-hydrogen) atoms. The molecule has 3 nitrogen and oxygen atoms in total. The van der Waals surface area contributed by atoms with E-state index < -0.39 is 0 Å². The fraction of sp³-hybridized carbons (Fsp3) is 0.786. The summed E-state index contributed by atoms with van der Waals surface area (Å²) in [5, 5.41) is 0. The number of carbonyl (C=O) groups is 1. The molecule has 0 saturated carbocycles. The van der Waals surface area contributed by atoms with Crippen molar-refractivity contribution >= 4 is 5.97 Å². The average Bonchev–Trinajstić information content (AvgIpc) is 2.31. The van der Waals surface area contributed by atoms with Crippen molar-refractivity contribution in [1.82, 2.24) is 4.90 Å². The number of nitrogens with zero attached hydrogens (tertiary/aromatic N) is 1. The van der Waals surface area contributed by atoms with Crippen LogP contribution < -0.4 is 0 Å². The lowest BCUT2D eigenvalue weighted by atomic mass is 10.1. The minimum absolute atomic E-state index is 0.242. The van der Waals surface area contributed by atoms with Crippen LogP contribution in [-0.4, -0.2) is 36.6 Å². The van der Waals surface area contributed by atoms with E-state index in [9.17, 15) is 4.79 Å². The highest BCUT2D eigenvalue weighted by atomic mass is 16.5. The number of esters is 1. The van der Waals surface area contributed by atoms with Crippen molar-refractivity contribution in [3.63, 3.8) is 0 Å². The summed E-state index contributed by atoms with van der Waals surface area (Å²) in [7, 11) is 0. The van der Waals surface area contributed by atoms with E-state index in [1.807, 2.05) is 6.92 Å². The second-order valence-corrected chi connectivity index (χ2v) is 4.17. The van der Waals surface area contributed by atoms with Crippen molar-refractivity contribution in [3.05, 3.63) is 12.2 Å². The largest absolute Gasteiger partial charge is 0.461 e. The maximum absolute atomic E-state index is 11.2. The van der Waals surface area contributed by atoms with E-state index in [0.717, 1.165) is 32.4 Å². The average molecular weight is 241 g/mol. The van der Waals surface area contributed by atoms with Gasteiger partial charge in [0, 0.05) is 18.7 Å². The van der Waals surface area contributed by atoms with E-state index >= 15 is 0 Å². The van der Waals surface area contributed by atoms with Gasteiger partial charge in [0.1, 0.15) is 6.61 Å². The fourth-order valence-corrected chi connectivity index (χ4v) is 2.02. The third-order valence-corrected chi connectivity index (χ3v) is 2.90. The molecule has 0 saturated heterocycles. The van der Waals surface area contributed by atoms with Gasteiger partial charge in [0.2, 0.25) is 0 Å². The summed E-state index contributed by atoms with van der Waals surface area (Å²) in [5.41, 5.74) is 0. The molecule has 0 heterocycles. The van der Waals surface area contributed by atoms with Crippen LogP contribution in [0.5, 0.6) is 0 Å². The van der Waals surface area contributed by atoms with Crippen LogP contribution in [0.3, 0.4) is 0 Å². The van der Waals surface area contributed by atoms with Crippen LogP contribution in [0.1, 0.15) is 47.0 Å². The smallest absolute Gasteiger partial charge is 0.330 e. The number of allylic oxidation sites excluding steroid dienone is 1. The molecule has 100 valence electrons. The van der Waals surface area contributed by atoms with E-state index in [0.29, 0.717) is 12.6 Å². The first kappa shape index (κ1) is 16.2. The molecule has 0 atom stereocenters. The number of ether oxygens (including phenoxy) is 1. The Balaban J connectivity index is 4.03. The summed E-state index contributed by atoms with van der Waals surface area (Å²) in [6.07, 6.45) is 6.60. The van der Waals surface area contributed by atoms with E-state index in [1.165, 1.54) is 6.08 Å². The minimum atomic E-state index is -0.242. The first-order chi connectivity index (χ1) is 8.19. The van der Waals surface area contributed by atoms with Gasteiger partial charge in [-0.1, -0.05) is 26.8 Å². The molecule has 0 N–H and O–H groups in total. The van der Waals surface area contributed by atoms with Gasteiger partial charge in [-0.05, 0) is 32.7 Å². The lowest BCUT2D eigenvalue weighted by molar-refractivity contribution is -0.138. The van der Waals surface area contributed by atoms with E-state index in [4.69, 9.17) is 4.74 Å².